The molecular weight excluding hydrogens is 463 g/mol. The van der Waals surface area contributed by atoms with E-state index in [1.807, 2.05) is 0 Å². The van der Waals surface area contributed by atoms with Crippen LogP contribution in [0.1, 0.15) is 56.2 Å². The summed E-state index contributed by atoms with van der Waals surface area (Å²) in [7, 11) is 0. The van der Waals surface area contributed by atoms with Crippen LogP contribution >= 0.6 is 24.0 Å². The highest BCUT2D eigenvalue weighted by Crippen LogP contribution is 2.47. The molecule has 152 valence electrons. The molecule has 0 radical (unpaired) electrons. The molecule has 2 N–H and O–H groups in total. The van der Waals surface area contributed by atoms with Crippen LogP contribution in [-0.4, -0.2) is 33.8 Å². The van der Waals surface area contributed by atoms with E-state index in [4.69, 9.17) is 4.99 Å². The topological polar surface area (TPSA) is 67.1 Å². The quantitative estimate of drug-likeness (QED) is 0.367. The zero-order chi connectivity index (χ0) is 18.5. The fourth-order valence-electron chi connectivity index (χ4n) is 3.92. The summed E-state index contributed by atoms with van der Waals surface area (Å²) in [5, 5.41) is 15.7. The number of rotatable bonds is 6. The highest BCUT2D eigenvalue weighted by Gasteiger charge is 2.44. The predicted octanol–water partition coefficient (Wildman–Crippen LogP) is 3.41. The van der Waals surface area contributed by atoms with E-state index in [2.05, 4.69) is 62.7 Å². The van der Waals surface area contributed by atoms with Crippen LogP contribution in [0.15, 0.2) is 35.3 Å². The molecule has 2 aliphatic rings. The zero-order valence-corrected chi connectivity index (χ0v) is 19.0. The number of aromatic nitrogens is 3. The predicted molar refractivity (Wildman–Crippen MR) is 123 cm³/mol. The Bertz CT molecular complexity index is 781. The molecule has 1 fully saturated rings. The molecule has 2 aromatic rings. The lowest BCUT2D eigenvalue weighted by molar-refractivity contribution is 0.604. The van der Waals surface area contributed by atoms with Crippen LogP contribution in [0.4, 0.5) is 0 Å². The third-order valence-corrected chi connectivity index (χ3v) is 5.74. The Hall–Kier alpha value is -1.64. The van der Waals surface area contributed by atoms with E-state index in [-0.39, 0.29) is 29.4 Å². The van der Waals surface area contributed by atoms with Crippen LogP contribution in [0.5, 0.6) is 0 Å². The molecule has 6 nitrogen and oxygen atoms in total. The molecule has 2 heterocycles. The molecule has 1 aliphatic heterocycles. The number of benzene rings is 1. The molecule has 1 aliphatic carbocycles. The van der Waals surface area contributed by atoms with Crippen LogP contribution in [0.25, 0.3) is 0 Å². The Morgan fingerprint density at radius 3 is 2.68 bits per heavy atom. The number of nitrogens with zero attached hydrogens (tertiary/aromatic N) is 4. The van der Waals surface area contributed by atoms with Gasteiger partial charge in [-0.2, -0.15) is 0 Å². The molecule has 0 saturated heterocycles. The van der Waals surface area contributed by atoms with Gasteiger partial charge < -0.3 is 15.2 Å². The molecule has 7 heteroatoms. The fraction of sp³-hybridized carbons (Fsp3) is 0.571. The summed E-state index contributed by atoms with van der Waals surface area (Å²) in [6.07, 6.45) is 7.21. The monoisotopic (exact) mass is 494 g/mol. The van der Waals surface area contributed by atoms with Crippen molar-refractivity contribution in [2.45, 2.75) is 64.0 Å². The van der Waals surface area contributed by atoms with Gasteiger partial charge in [-0.15, -0.1) is 34.2 Å². The first-order valence-corrected chi connectivity index (χ1v) is 10.3. The van der Waals surface area contributed by atoms with Crippen LogP contribution in [-0.2, 0) is 24.9 Å². The van der Waals surface area contributed by atoms with E-state index in [9.17, 15) is 0 Å². The smallest absolute Gasteiger partial charge is 0.191 e. The Kier molecular flexibility index (Phi) is 7.31. The summed E-state index contributed by atoms with van der Waals surface area (Å²) in [5.41, 5.74) is 1.69. The summed E-state index contributed by atoms with van der Waals surface area (Å²) in [6, 6.07) is 10.8. The Labute approximate surface area is 184 Å². The van der Waals surface area contributed by atoms with E-state index < -0.39 is 0 Å². The maximum absolute atomic E-state index is 4.79. The van der Waals surface area contributed by atoms with Crippen molar-refractivity contribution >= 4 is 29.9 Å². The average molecular weight is 494 g/mol. The van der Waals surface area contributed by atoms with Gasteiger partial charge in [0, 0.05) is 31.5 Å². The van der Waals surface area contributed by atoms with Gasteiger partial charge in [-0.3, -0.25) is 0 Å². The fourth-order valence-corrected chi connectivity index (χ4v) is 3.92. The second-order valence-electron chi connectivity index (χ2n) is 7.69. The number of fused-ring (bicyclic) bond motifs is 1. The lowest BCUT2D eigenvalue weighted by Crippen LogP contribution is -2.41. The Balaban J connectivity index is 0.00000225. The zero-order valence-electron chi connectivity index (χ0n) is 16.7. The van der Waals surface area contributed by atoms with E-state index >= 15 is 0 Å². The van der Waals surface area contributed by atoms with Gasteiger partial charge in [0.25, 0.3) is 0 Å². The number of aliphatic imine (C=N–C) groups is 1. The molecular formula is C21H31IN6. The molecule has 0 unspecified atom stereocenters. The van der Waals surface area contributed by atoms with Gasteiger partial charge in [0.05, 0.1) is 0 Å². The summed E-state index contributed by atoms with van der Waals surface area (Å²) in [6.45, 7) is 5.46. The van der Waals surface area contributed by atoms with Crippen molar-refractivity contribution in [3.63, 3.8) is 0 Å². The normalized spacial score (nSPS) is 17.8. The first-order valence-electron chi connectivity index (χ1n) is 10.3. The third kappa shape index (κ3) is 4.85. The molecule has 0 bridgehead atoms. The van der Waals surface area contributed by atoms with Crippen LogP contribution < -0.4 is 10.6 Å². The molecule has 0 atom stereocenters. The van der Waals surface area contributed by atoms with Crippen molar-refractivity contribution in [3.05, 3.63) is 47.5 Å². The lowest BCUT2D eigenvalue weighted by atomic mass is 9.96. The minimum absolute atomic E-state index is 0. The first-order chi connectivity index (χ1) is 13.3. The van der Waals surface area contributed by atoms with E-state index in [1.165, 1.54) is 37.7 Å². The van der Waals surface area contributed by atoms with Gasteiger partial charge in [-0.25, -0.2) is 4.99 Å². The molecule has 1 aromatic carbocycles. The van der Waals surface area contributed by atoms with Crippen molar-refractivity contribution in [2.75, 3.05) is 13.1 Å². The second-order valence-corrected chi connectivity index (χ2v) is 7.69. The maximum atomic E-state index is 4.79. The highest BCUT2D eigenvalue weighted by molar-refractivity contribution is 14.0. The number of hydrogen-bond donors (Lipinski definition) is 2. The molecule has 1 aromatic heterocycles. The number of guanidine groups is 1. The average Bonchev–Trinajstić information content (AvgIpc) is 3.46. The number of halogens is 1. The molecule has 1 saturated carbocycles. The van der Waals surface area contributed by atoms with Crippen molar-refractivity contribution in [3.8, 4) is 0 Å². The van der Waals surface area contributed by atoms with Crippen molar-refractivity contribution < 1.29 is 0 Å². The Morgan fingerprint density at radius 1 is 1.11 bits per heavy atom. The van der Waals surface area contributed by atoms with Crippen LogP contribution in [0.3, 0.4) is 0 Å². The van der Waals surface area contributed by atoms with E-state index in [1.54, 1.807) is 0 Å². The standard InChI is InChI=1S/C21H30N6.HI/c1-2-22-20(24-16-21(12-13-21)17-9-5-3-6-10-17)23-15-19-26-25-18-11-7-4-8-14-27(18)19;/h3,5-6,9-10H,2,4,7-8,11-16H2,1H3,(H2,22,23,24);1H. The van der Waals surface area contributed by atoms with Gasteiger partial charge in [-0.05, 0) is 38.2 Å². The lowest BCUT2D eigenvalue weighted by Gasteiger charge is -2.19. The van der Waals surface area contributed by atoms with Gasteiger partial charge in [0.1, 0.15) is 12.4 Å². The maximum Gasteiger partial charge on any atom is 0.191 e. The van der Waals surface area contributed by atoms with Crippen LogP contribution in [0.2, 0.25) is 0 Å². The van der Waals surface area contributed by atoms with Gasteiger partial charge >= 0.3 is 0 Å². The summed E-state index contributed by atoms with van der Waals surface area (Å²) < 4.78 is 2.27. The first kappa shape index (κ1) is 21.1. The van der Waals surface area contributed by atoms with Crippen LogP contribution in [0, 0.1) is 0 Å². The number of nitrogens with one attached hydrogen (secondary N) is 2. The van der Waals surface area contributed by atoms with Gasteiger partial charge in [0.2, 0.25) is 0 Å². The highest BCUT2D eigenvalue weighted by atomic mass is 127. The second kappa shape index (κ2) is 9.71. The summed E-state index contributed by atoms with van der Waals surface area (Å²) in [4.78, 5) is 4.79. The van der Waals surface area contributed by atoms with E-state index in [0.717, 1.165) is 43.7 Å². The third-order valence-electron chi connectivity index (χ3n) is 5.74. The molecule has 0 amide bonds. The van der Waals surface area contributed by atoms with Crippen molar-refractivity contribution in [1.29, 1.82) is 0 Å². The summed E-state index contributed by atoms with van der Waals surface area (Å²) in [5.74, 6) is 2.97. The minimum atomic E-state index is 0. The largest absolute Gasteiger partial charge is 0.357 e. The molecule has 4 rings (SSSR count). The van der Waals surface area contributed by atoms with Gasteiger partial charge in [0.15, 0.2) is 11.8 Å². The number of aryl methyl sites for hydroxylation is 1. The SMILES string of the molecule is CCNC(=NCc1nnc2n1CCCCC2)NCC1(c2ccccc2)CC1.I. The van der Waals surface area contributed by atoms with Gasteiger partial charge in [-0.1, -0.05) is 36.8 Å². The van der Waals surface area contributed by atoms with E-state index in [0.29, 0.717) is 6.54 Å². The van der Waals surface area contributed by atoms with Crippen molar-refractivity contribution in [1.82, 2.24) is 25.4 Å². The molecule has 0 spiro atoms. The van der Waals surface area contributed by atoms with Crippen molar-refractivity contribution in [2.24, 2.45) is 4.99 Å². The Morgan fingerprint density at radius 2 is 1.93 bits per heavy atom. The number of hydrogen-bond acceptors (Lipinski definition) is 3. The minimum Gasteiger partial charge on any atom is -0.357 e. The molecule has 28 heavy (non-hydrogen) atoms. The summed E-state index contributed by atoms with van der Waals surface area (Å²) >= 11 is 0.